The van der Waals surface area contributed by atoms with Crippen LogP contribution in [0.3, 0.4) is 0 Å². The van der Waals surface area contributed by atoms with Crippen molar-refractivity contribution >= 4 is 27.5 Å². The molecule has 0 fully saturated rings. The quantitative estimate of drug-likeness (QED) is 0.798. The van der Waals surface area contributed by atoms with E-state index in [0.29, 0.717) is 16.0 Å². The van der Waals surface area contributed by atoms with Gasteiger partial charge in [-0.1, -0.05) is 0 Å². The minimum atomic E-state index is -0.324. The van der Waals surface area contributed by atoms with E-state index in [9.17, 15) is 4.39 Å². The normalized spacial score (nSPS) is 10.8. The minimum Gasteiger partial charge on any atom is -0.284 e. The molecule has 0 N–H and O–H groups in total. The molecule has 0 bridgehead atoms. The van der Waals surface area contributed by atoms with Gasteiger partial charge in [-0.15, -0.1) is 21.8 Å². The number of aromatic nitrogens is 3. The molecule has 6 heteroatoms. The number of hydrogen-bond donors (Lipinski definition) is 0. The molecule has 0 unspecified atom stereocenters. The van der Waals surface area contributed by atoms with Crippen molar-refractivity contribution in [2.45, 2.75) is 12.8 Å². The summed E-state index contributed by atoms with van der Waals surface area (Å²) < 4.78 is 15.6. The van der Waals surface area contributed by atoms with Gasteiger partial charge in [0.05, 0.1) is 16.0 Å². The van der Waals surface area contributed by atoms with Crippen molar-refractivity contribution in [1.82, 2.24) is 14.8 Å². The number of alkyl halides is 1. The Labute approximate surface area is 105 Å². The fourth-order valence-corrected chi connectivity index (χ4v) is 2.09. The van der Waals surface area contributed by atoms with Gasteiger partial charge in [-0.3, -0.25) is 4.57 Å². The van der Waals surface area contributed by atoms with Crippen molar-refractivity contribution in [3.8, 4) is 5.69 Å². The molecule has 3 nitrogen and oxygen atoms in total. The predicted octanol–water partition coefficient (Wildman–Crippen LogP) is 3.22. The molecule has 0 saturated carbocycles. The first-order valence-electron chi connectivity index (χ1n) is 4.54. The minimum absolute atomic E-state index is 0.233. The number of nitrogens with zero attached hydrogens (tertiary/aromatic N) is 3. The number of rotatable bonds is 2. The van der Waals surface area contributed by atoms with Gasteiger partial charge in [0.15, 0.2) is 5.82 Å². The highest BCUT2D eigenvalue weighted by Gasteiger charge is 2.10. The van der Waals surface area contributed by atoms with Crippen LogP contribution >= 0.6 is 27.5 Å². The monoisotopic (exact) mass is 303 g/mol. The van der Waals surface area contributed by atoms with Crippen LogP contribution in [-0.4, -0.2) is 14.8 Å². The molecule has 0 aliphatic rings. The van der Waals surface area contributed by atoms with Gasteiger partial charge in [0, 0.05) is 0 Å². The number of halogens is 3. The summed E-state index contributed by atoms with van der Waals surface area (Å²) in [6.45, 7) is 1.89. The van der Waals surface area contributed by atoms with Crippen LogP contribution in [0, 0.1) is 12.7 Å². The van der Waals surface area contributed by atoms with Gasteiger partial charge in [-0.05, 0) is 40.5 Å². The standard InChI is InChI=1S/C10H8BrClFN3/c1-6-2-7(11)8(13)3-9(6)16-5-14-15-10(16)4-12/h2-3,5H,4H2,1H3. The van der Waals surface area contributed by atoms with Crippen LogP contribution in [0.4, 0.5) is 4.39 Å². The van der Waals surface area contributed by atoms with E-state index in [0.717, 1.165) is 5.56 Å². The second-order valence-electron chi connectivity index (χ2n) is 3.30. The molecule has 0 atom stereocenters. The van der Waals surface area contributed by atoms with Gasteiger partial charge < -0.3 is 0 Å². The van der Waals surface area contributed by atoms with Gasteiger partial charge in [0.2, 0.25) is 0 Å². The molecule has 1 heterocycles. The molecule has 16 heavy (non-hydrogen) atoms. The zero-order valence-electron chi connectivity index (χ0n) is 8.41. The Bertz CT molecular complexity index is 527. The van der Waals surface area contributed by atoms with Gasteiger partial charge in [0.1, 0.15) is 12.1 Å². The lowest BCUT2D eigenvalue weighted by atomic mass is 10.2. The first kappa shape index (κ1) is 11.5. The van der Waals surface area contributed by atoms with E-state index in [1.165, 1.54) is 12.4 Å². The highest BCUT2D eigenvalue weighted by atomic mass is 79.9. The maximum absolute atomic E-state index is 13.5. The van der Waals surface area contributed by atoms with E-state index in [1.54, 1.807) is 10.6 Å². The summed E-state index contributed by atoms with van der Waals surface area (Å²) in [5.74, 6) is 0.498. The van der Waals surface area contributed by atoms with E-state index in [4.69, 9.17) is 11.6 Å². The highest BCUT2D eigenvalue weighted by Crippen LogP contribution is 2.23. The zero-order chi connectivity index (χ0) is 11.7. The average Bonchev–Trinajstić information content (AvgIpc) is 2.71. The van der Waals surface area contributed by atoms with Crippen molar-refractivity contribution in [2.75, 3.05) is 0 Å². The topological polar surface area (TPSA) is 30.7 Å². The van der Waals surface area contributed by atoms with Gasteiger partial charge in [-0.25, -0.2) is 4.39 Å². The van der Waals surface area contributed by atoms with Crippen LogP contribution in [0.25, 0.3) is 5.69 Å². The van der Waals surface area contributed by atoms with E-state index >= 15 is 0 Å². The number of aryl methyl sites for hydroxylation is 1. The lowest BCUT2D eigenvalue weighted by molar-refractivity contribution is 0.619. The third kappa shape index (κ3) is 1.97. The van der Waals surface area contributed by atoms with Crippen molar-refractivity contribution in [3.05, 3.63) is 40.1 Å². The molecule has 0 aliphatic heterocycles. The molecule has 0 saturated heterocycles. The fourth-order valence-electron chi connectivity index (χ4n) is 1.45. The number of benzene rings is 1. The summed E-state index contributed by atoms with van der Waals surface area (Å²) >= 11 is 8.86. The molecule has 0 aliphatic carbocycles. The maximum Gasteiger partial charge on any atom is 0.152 e. The molecule has 1 aromatic heterocycles. The van der Waals surface area contributed by atoms with E-state index < -0.39 is 0 Å². The molecule has 2 aromatic rings. The first-order valence-corrected chi connectivity index (χ1v) is 5.87. The van der Waals surface area contributed by atoms with E-state index in [2.05, 4.69) is 26.1 Å². The third-order valence-electron chi connectivity index (χ3n) is 2.24. The average molecular weight is 305 g/mol. The summed E-state index contributed by atoms with van der Waals surface area (Å²) in [5.41, 5.74) is 1.61. The van der Waals surface area contributed by atoms with E-state index in [1.807, 2.05) is 6.92 Å². The van der Waals surface area contributed by atoms with Crippen LogP contribution < -0.4 is 0 Å². The summed E-state index contributed by atoms with van der Waals surface area (Å²) in [7, 11) is 0. The molecule has 0 radical (unpaired) electrons. The Hall–Kier alpha value is -0.940. The van der Waals surface area contributed by atoms with Gasteiger partial charge in [-0.2, -0.15) is 0 Å². The van der Waals surface area contributed by atoms with Crippen LogP contribution in [0.5, 0.6) is 0 Å². The SMILES string of the molecule is Cc1cc(Br)c(F)cc1-n1cnnc1CCl. The molecule has 2 rings (SSSR count). The van der Waals surface area contributed by atoms with Crippen LogP contribution in [0.1, 0.15) is 11.4 Å². The van der Waals surface area contributed by atoms with Gasteiger partial charge in [0.25, 0.3) is 0 Å². The fraction of sp³-hybridized carbons (Fsp3) is 0.200. The predicted molar refractivity (Wildman–Crippen MR) is 63.3 cm³/mol. The molecule has 1 aromatic carbocycles. The van der Waals surface area contributed by atoms with Crippen molar-refractivity contribution in [1.29, 1.82) is 0 Å². The molecule has 0 amide bonds. The summed E-state index contributed by atoms with van der Waals surface area (Å²) in [5, 5.41) is 7.61. The van der Waals surface area contributed by atoms with Crippen LogP contribution in [0.2, 0.25) is 0 Å². The smallest absolute Gasteiger partial charge is 0.152 e. The van der Waals surface area contributed by atoms with Crippen LogP contribution in [0.15, 0.2) is 22.9 Å². The Morgan fingerprint density at radius 2 is 2.25 bits per heavy atom. The lowest BCUT2D eigenvalue weighted by Gasteiger charge is -2.09. The summed E-state index contributed by atoms with van der Waals surface area (Å²) in [6, 6.07) is 3.14. The third-order valence-corrected chi connectivity index (χ3v) is 3.08. The highest BCUT2D eigenvalue weighted by molar-refractivity contribution is 9.10. The first-order chi connectivity index (χ1) is 7.63. The number of hydrogen-bond acceptors (Lipinski definition) is 2. The van der Waals surface area contributed by atoms with Crippen molar-refractivity contribution in [3.63, 3.8) is 0 Å². The Balaban J connectivity index is 2.60. The van der Waals surface area contributed by atoms with Crippen molar-refractivity contribution in [2.24, 2.45) is 0 Å². The maximum atomic E-state index is 13.5. The van der Waals surface area contributed by atoms with Crippen LogP contribution in [-0.2, 0) is 5.88 Å². The lowest BCUT2D eigenvalue weighted by Crippen LogP contribution is -2.01. The van der Waals surface area contributed by atoms with Crippen molar-refractivity contribution < 1.29 is 4.39 Å². The van der Waals surface area contributed by atoms with Gasteiger partial charge >= 0.3 is 0 Å². The second-order valence-corrected chi connectivity index (χ2v) is 4.43. The summed E-state index contributed by atoms with van der Waals surface area (Å²) in [4.78, 5) is 0. The Morgan fingerprint density at radius 3 is 2.94 bits per heavy atom. The molecule has 0 spiro atoms. The second kappa shape index (κ2) is 4.51. The van der Waals surface area contributed by atoms with E-state index in [-0.39, 0.29) is 11.7 Å². The Kier molecular flexibility index (Phi) is 3.25. The molecule has 84 valence electrons. The Morgan fingerprint density at radius 1 is 1.50 bits per heavy atom. The summed E-state index contributed by atoms with van der Waals surface area (Å²) in [6.07, 6.45) is 1.52. The molecular weight excluding hydrogens is 296 g/mol. The zero-order valence-corrected chi connectivity index (χ0v) is 10.8. The largest absolute Gasteiger partial charge is 0.284 e. The molecular formula is C10H8BrClFN3.